The van der Waals surface area contributed by atoms with Gasteiger partial charge in [-0.3, -0.25) is 4.79 Å². The van der Waals surface area contributed by atoms with E-state index in [0.717, 1.165) is 6.42 Å². The summed E-state index contributed by atoms with van der Waals surface area (Å²) in [6, 6.07) is 1.52. The molecule has 0 bridgehead atoms. The zero-order chi connectivity index (χ0) is 15.9. The van der Waals surface area contributed by atoms with Crippen molar-refractivity contribution in [3.8, 4) is 5.88 Å². The number of hydrogen-bond donors (Lipinski definition) is 1. The predicted octanol–water partition coefficient (Wildman–Crippen LogP) is 1.25. The van der Waals surface area contributed by atoms with E-state index in [1.807, 2.05) is 0 Å². The second kappa shape index (κ2) is 8.28. The monoisotopic (exact) mass is 330 g/mol. The van der Waals surface area contributed by atoms with E-state index >= 15 is 0 Å². The Kier molecular flexibility index (Phi) is 6.38. The molecule has 2 heterocycles. The molecule has 1 aromatic rings. The number of pyridine rings is 1. The molecule has 1 amide bonds. The number of amides is 1. The summed E-state index contributed by atoms with van der Waals surface area (Å²) in [4.78, 5) is 16.1. The minimum Gasteiger partial charge on any atom is -0.471 e. The van der Waals surface area contributed by atoms with Gasteiger partial charge in [0.2, 0.25) is 5.88 Å². The number of ether oxygens (including phenoxy) is 4. The van der Waals surface area contributed by atoms with Crippen molar-refractivity contribution in [2.75, 3.05) is 34.0 Å². The zero-order valence-electron chi connectivity index (χ0n) is 12.5. The molecular weight excluding hydrogens is 312 g/mol. The topological polar surface area (TPSA) is 78.9 Å². The first-order valence-corrected chi connectivity index (χ1v) is 7.25. The average molecular weight is 331 g/mol. The Morgan fingerprint density at radius 1 is 1.55 bits per heavy atom. The van der Waals surface area contributed by atoms with Gasteiger partial charge in [-0.15, -0.1) is 0 Å². The molecular formula is C14H19ClN2O5. The Morgan fingerprint density at radius 2 is 2.32 bits per heavy atom. The summed E-state index contributed by atoms with van der Waals surface area (Å²) < 4.78 is 20.8. The van der Waals surface area contributed by atoms with Crippen LogP contribution in [0.4, 0.5) is 0 Å². The summed E-state index contributed by atoms with van der Waals surface area (Å²) >= 11 is 6.11. The Balaban J connectivity index is 1.94. The van der Waals surface area contributed by atoms with Crippen molar-refractivity contribution in [1.29, 1.82) is 0 Å². The van der Waals surface area contributed by atoms with Crippen LogP contribution in [-0.4, -0.2) is 57.3 Å². The second-order valence-corrected chi connectivity index (χ2v) is 5.13. The number of rotatable bonds is 7. The highest BCUT2D eigenvalue weighted by Gasteiger charge is 2.20. The fraction of sp³-hybridized carbons (Fsp3) is 0.571. The third-order valence-corrected chi connectivity index (χ3v) is 3.46. The van der Waals surface area contributed by atoms with E-state index in [4.69, 9.17) is 30.5 Å². The number of halogens is 1. The van der Waals surface area contributed by atoms with Crippen LogP contribution in [0.25, 0.3) is 0 Å². The van der Waals surface area contributed by atoms with Crippen molar-refractivity contribution in [3.05, 3.63) is 22.8 Å². The maximum atomic E-state index is 12.0. The lowest BCUT2D eigenvalue weighted by atomic mass is 10.2. The van der Waals surface area contributed by atoms with Crippen molar-refractivity contribution in [2.24, 2.45) is 0 Å². The van der Waals surface area contributed by atoms with Gasteiger partial charge in [-0.2, -0.15) is 0 Å². The zero-order valence-corrected chi connectivity index (χ0v) is 13.3. The summed E-state index contributed by atoms with van der Waals surface area (Å²) in [5.41, 5.74) is 0.339. The number of carbonyl (C=O) groups is 1. The molecule has 0 saturated carbocycles. The maximum Gasteiger partial charge on any atom is 0.253 e. The van der Waals surface area contributed by atoms with E-state index in [0.29, 0.717) is 24.7 Å². The largest absolute Gasteiger partial charge is 0.471 e. The van der Waals surface area contributed by atoms with Crippen LogP contribution >= 0.6 is 11.6 Å². The van der Waals surface area contributed by atoms with Crippen LogP contribution in [0.1, 0.15) is 16.8 Å². The molecule has 0 aliphatic carbocycles. The fourth-order valence-electron chi connectivity index (χ4n) is 1.94. The van der Waals surface area contributed by atoms with E-state index in [1.165, 1.54) is 26.5 Å². The van der Waals surface area contributed by atoms with Crippen LogP contribution in [0.3, 0.4) is 0 Å². The van der Waals surface area contributed by atoms with Crippen molar-refractivity contribution < 1.29 is 23.7 Å². The molecule has 1 fully saturated rings. The van der Waals surface area contributed by atoms with Gasteiger partial charge in [0.25, 0.3) is 5.91 Å². The van der Waals surface area contributed by atoms with Crippen molar-refractivity contribution >= 4 is 17.5 Å². The van der Waals surface area contributed by atoms with Gasteiger partial charge in [-0.05, 0) is 6.07 Å². The predicted molar refractivity (Wildman–Crippen MR) is 79.2 cm³/mol. The second-order valence-electron chi connectivity index (χ2n) is 4.73. The van der Waals surface area contributed by atoms with Gasteiger partial charge in [0.05, 0.1) is 25.3 Å². The number of hydrogen-bond acceptors (Lipinski definition) is 6. The highest BCUT2D eigenvalue weighted by Crippen LogP contribution is 2.25. The summed E-state index contributed by atoms with van der Waals surface area (Å²) in [6.07, 6.45) is 1.67. The first kappa shape index (κ1) is 17.0. The number of aromatic nitrogens is 1. The molecule has 2 rings (SSSR count). The van der Waals surface area contributed by atoms with Crippen LogP contribution in [0, 0.1) is 0 Å². The quantitative estimate of drug-likeness (QED) is 0.758. The highest BCUT2D eigenvalue weighted by atomic mass is 35.5. The summed E-state index contributed by atoms with van der Waals surface area (Å²) in [5, 5.41) is 2.96. The van der Waals surface area contributed by atoms with Gasteiger partial charge in [-0.25, -0.2) is 4.98 Å². The molecule has 1 unspecified atom stereocenters. The highest BCUT2D eigenvalue weighted by molar-refractivity contribution is 6.32. The fourth-order valence-corrected chi connectivity index (χ4v) is 2.15. The van der Waals surface area contributed by atoms with E-state index in [1.54, 1.807) is 0 Å². The lowest BCUT2D eigenvalue weighted by Gasteiger charge is -2.15. The van der Waals surface area contributed by atoms with Gasteiger partial charge in [0.15, 0.2) is 6.29 Å². The molecule has 122 valence electrons. The number of methoxy groups -OCH3 is 2. The van der Waals surface area contributed by atoms with E-state index in [2.05, 4.69) is 10.3 Å². The lowest BCUT2D eigenvalue weighted by Crippen LogP contribution is -2.34. The Labute approximate surface area is 133 Å². The maximum absolute atomic E-state index is 12.0. The Bertz CT molecular complexity index is 504. The van der Waals surface area contributed by atoms with Crippen LogP contribution in [-0.2, 0) is 14.2 Å². The van der Waals surface area contributed by atoms with Gasteiger partial charge < -0.3 is 24.3 Å². The molecule has 1 N–H and O–H groups in total. The molecule has 7 nitrogen and oxygen atoms in total. The number of nitrogens with one attached hydrogen (secondary N) is 1. The smallest absolute Gasteiger partial charge is 0.253 e. The molecule has 0 spiro atoms. The Morgan fingerprint density at radius 3 is 2.91 bits per heavy atom. The van der Waals surface area contributed by atoms with Gasteiger partial charge >= 0.3 is 0 Å². The summed E-state index contributed by atoms with van der Waals surface area (Å²) in [7, 11) is 3.00. The van der Waals surface area contributed by atoms with Crippen LogP contribution in [0.15, 0.2) is 12.3 Å². The van der Waals surface area contributed by atoms with E-state index in [9.17, 15) is 4.79 Å². The molecule has 1 saturated heterocycles. The third-order valence-electron chi connectivity index (χ3n) is 3.19. The van der Waals surface area contributed by atoms with Crippen LogP contribution in [0.2, 0.25) is 5.02 Å². The van der Waals surface area contributed by atoms with E-state index < -0.39 is 6.29 Å². The standard InChI is InChI=1S/C14H19ClN2O5/c1-19-12(20-2)7-16-13(18)9-5-11(15)14(17-6-9)22-10-3-4-21-8-10/h5-6,10,12H,3-4,7-8H2,1-2H3,(H,16,18). The molecule has 1 atom stereocenters. The van der Waals surface area contributed by atoms with Gasteiger partial charge in [0, 0.05) is 26.8 Å². The van der Waals surface area contributed by atoms with Gasteiger partial charge in [-0.1, -0.05) is 11.6 Å². The van der Waals surface area contributed by atoms with Crippen LogP contribution < -0.4 is 10.1 Å². The van der Waals surface area contributed by atoms with Gasteiger partial charge in [0.1, 0.15) is 11.1 Å². The lowest BCUT2D eigenvalue weighted by molar-refractivity contribution is -0.0974. The van der Waals surface area contributed by atoms with Crippen molar-refractivity contribution in [1.82, 2.24) is 10.3 Å². The SMILES string of the molecule is COC(CNC(=O)c1cnc(OC2CCOC2)c(Cl)c1)OC. The van der Waals surface area contributed by atoms with Crippen LogP contribution in [0.5, 0.6) is 5.88 Å². The molecule has 1 aliphatic heterocycles. The van der Waals surface area contributed by atoms with Crippen molar-refractivity contribution in [3.63, 3.8) is 0 Å². The minimum atomic E-state index is -0.502. The molecule has 1 aromatic heterocycles. The summed E-state index contributed by atoms with van der Waals surface area (Å²) in [5.74, 6) is -0.00961. The minimum absolute atomic E-state index is 0.0474. The molecule has 1 aliphatic rings. The third kappa shape index (κ3) is 4.54. The van der Waals surface area contributed by atoms with E-state index in [-0.39, 0.29) is 23.6 Å². The first-order valence-electron chi connectivity index (χ1n) is 6.87. The number of carbonyl (C=O) groups excluding carboxylic acids is 1. The number of nitrogens with zero attached hydrogens (tertiary/aromatic N) is 1. The summed E-state index contributed by atoms with van der Waals surface area (Å²) in [6.45, 7) is 1.42. The normalized spacial score (nSPS) is 17.7. The average Bonchev–Trinajstić information content (AvgIpc) is 3.03. The van der Waals surface area contributed by atoms with Crippen molar-refractivity contribution in [2.45, 2.75) is 18.8 Å². The Hall–Kier alpha value is -1.41. The first-order chi connectivity index (χ1) is 10.6. The molecule has 8 heteroatoms. The molecule has 22 heavy (non-hydrogen) atoms. The molecule has 0 radical (unpaired) electrons. The molecule has 0 aromatic carbocycles.